The minimum Gasteiger partial charge on any atom is -0.342 e. The van der Waals surface area contributed by atoms with E-state index in [9.17, 15) is 13.2 Å². The maximum absolute atomic E-state index is 12.1. The fraction of sp³-hybridized carbons (Fsp3) is 0.917. The molecule has 0 saturated carbocycles. The highest BCUT2D eigenvalue weighted by Crippen LogP contribution is 2.19. The van der Waals surface area contributed by atoms with Crippen LogP contribution in [0.2, 0.25) is 0 Å². The Morgan fingerprint density at radius 1 is 1.32 bits per heavy atom. The van der Waals surface area contributed by atoms with Crippen molar-refractivity contribution >= 4 is 15.9 Å². The molecule has 0 aromatic carbocycles. The Morgan fingerprint density at radius 2 is 1.89 bits per heavy atom. The summed E-state index contributed by atoms with van der Waals surface area (Å²) in [6.07, 6.45) is 1.78. The number of nitrogens with zero attached hydrogens (tertiary/aromatic N) is 3. The Bertz CT molecular complexity index is 422. The molecular weight excluding hydrogens is 266 g/mol. The van der Waals surface area contributed by atoms with Crippen LogP contribution in [0.15, 0.2) is 0 Å². The summed E-state index contributed by atoms with van der Waals surface area (Å²) in [4.78, 5) is 15.9. The molecule has 1 saturated heterocycles. The quantitative estimate of drug-likeness (QED) is 0.721. The third kappa shape index (κ3) is 4.15. The highest BCUT2D eigenvalue weighted by Gasteiger charge is 2.30. The van der Waals surface area contributed by atoms with Crippen LogP contribution < -0.4 is 0 Å². The molecule has 2 unspecified atom stereocenters. The van der Waals surface area contributed by atoms with Gasteiger partial charge in [0.25, 0.3) is 0 Å². The number of amides is 1. The van der Waals surface area contributed by atoms with E-state index in [-0.39, 0.29) is 11.9 Å². The highest BCUT2D eigenvalue weighted by atomic mass is 32.2. The van der Waals surface area contributed by atoms with Crippen molar-refractivity contribution in [2.45, 2.75) is 31.8 Å². The van der Waals surface area contributed by atoms with Crippen molar-refractivity contribution in [3.63, 3.8) is 0 Å². The molecule has 6 nitrogen and oxygen atoms in total. The van der Waals surface area contributed by atoms with E-state index in [0.29, 0.717) is 6.04 Å². The third-order valence-corrected chi connectivity index (χ3v) is 5.71. The topological polar surface area (TPSA) is 60.9 Å². The number of piperidine rings is 1. The molecule has 1 rings (SSSR count). The SMILES string of the molecule is CC1CC(N(C)C(=O)CS(=O)(=O)N(C)C)CCN1C. The molecule has 1 amide bonds. The van der Waals surface area contributed by atoms with Crippen molar-refractivity contribution in [1.29, 1.82) is 0 Å². The minimum atomic E-state index is -3.47. The first-order valence-electron chi connectivity index (χ1n) is 6.51. The molecule has 0 N–H and O–H groups in total. The van der Waals surface area contributed by atoms with E-state index in [2.05, 4.69) is 18.9 Å². The third-order valence-electron chi connectivity index (χ3n) is 3.98. The summed E-state index contributed by atoms with van der Waals surface area (Å²) in [5.74, 6) is -0.771. The van der Waals surface area contributed by atoms with Gasteiger partial charge < -0.3 is 9.80 Å². The van der Waals surface area contributed by atoms with E-state index in [0.717, 1.165) is 23.7 Å². The van der Waals surface area contributed by atoms with Crippen LogP contribution in [0.1, 0.15) is 19.8 Å². The van der Waals surface area contributed by atoms with Gasteiger partial charge in [0.1, 0.15) is 5.75 Å². The predicted octanol–water partition coefficient (Wildman–Crippen LogP) is -0.181. The van der Waals surface area contributed by atoms with E-state index in [4.69, 9.17) is 0 Å². The van der Waals surface area contributed by atoms with E-state index in [1.165, 1.54) is 14.1 Å². The van der Waals surface area contributed by atoms with Gasteiger partial charge in [-0.2, -0.15) is 0 Å². The largest absolute Gasteiger partial charge is 0.342 e. The van der Waals surface area contributed by atoms with Crippen LogP contribution in [0.4, 0.5) is 0 Å². The van der Waals surface area contributed by atoms with Crippen LogP contribution in [-0.2, 0) is 14.8 Å². The van der Waals surface area contributed by atoms with Gasteiger partial charge in [-0.25, -0.2) is 12.7 Å². The highest BCUT2D eigenvalue weighted by molar-refractivity contribution is 7.89. The zero-order valence-corrected chi connectivity index (χ0v) is 13.3. The fourth-order valence-corrected chi connectivity index (χ4v) is 2.98. The van der Waals surface area contributed by atoms with Crippen LogP contribution >= 0.6 is 0 Å². The van der Waals surface area contributed by atoms with Crippen molar-refractivity contribution < 1.29 is 13.2 Å². The normalized spacial score (nSPS) is 25.6. The summed E-state index contributed by atoms with van der Waals surface area (Å²) in [7, 11) is 3.19. The first-order valence-corrected chi connectivity index (χ1v) is 8.12. The second kappa shape index (κ2) is 6.19. The Morgan fingerprint density at radius 3 is 2.37 bits per heavy atom. The minimum absolute atomic E-state index is 0.135. The molecule has 0 spiro atoms. The summed E-state index contributed by atoms with van der Waals surface area (Å²) >= 11 is 0. The van der Waals surface area contributed by atoms with Crippen LogP contribution in [0.5, 0.6) is 0 Å². The van der Waals surface area contributed by atoms with Gasteiger partial charge in [-0.1, -0.05) is 0 Å². The summed E-state index contributed by atoms with van der Waals surface area (Å²) < 4.78 is 24.5. The van der Waals surface area contributed by atoms with Gasteiger partial charge in [-0.3, -0.25) is 4.79 Å². The number of likely N-dealkylation sites (tertiary alicyclic amines) is 1. The molecule has 1 fully saturated rings. The van der Waals surface area contributed by atoms with Crippen LogP contribution in [0.3, 0.4) is 0 Å². The van der Waals surface area contributed by atoms with Crippen molar-refractivity contribution in [3.05, 3.63) is 0 Å². The van der Waals surface area contributed by atoms with Gasteiger partial charge in [0, 0.05) is 39.8 Å². The van der Waals surface area contributed by atoms with E-state index >= 15 is 0 Å². The second-order valence-electron chi connectivity index (χ2n) is 5.55. The Labute approximate surface area is 116 Å². The summed E-state index contributed by atoms with van der Waals surface area (Å²) in [6.45, 7) is 3.06. The monoisotopic (exact) mass is 291 g/mol. The van der Waals surface area contributed by atoms with Gasteiger partial charge in [0.05, 0.1) is 0 Å². The van der Waals surface area contributed by atoms with Gasteiger partial charge in [0.15, 0.2) is 0 Å². The van der Waals surface area contributed by atoms with Gasteiger partial charge in [-0.05, 0) is 26.8 Å². The fourth-order valence-electron chi connectivity index (χ4n) is 2.21. The van der Waals surface area contributed by atoms with Gasteiger partial charge in [-0.15, -0.1) is 0 Å². The Hall–Kier alpha value is -0.660. The van der Waals surface area contributed by atoms with Gasteiger partial charge in [0.2, 0.25) is 15.9 Å². The molecule has 19 heavy (non-hydrogen) atoms. The average molecular weight is 291 g/mol. The van der Waals surface area contributed by atoms with Gasteiger partial charge >= 0.3 is 0 Å². The second-order valence-corrected chi connectivity index (χ2v) is 7.73. The molecule has 0 bridgehead atoms. The maximum atomic E-state index is 12.1. The number of carbonyl (C=O) groups is 1. The molecule has 1 aliphatic rings. The molecule has 0 aromatic heterocycles. The standard InChI is InChI=1S/C12H25N3O3S/c1-10-8-11(6-7-14(10)4)15(5)12(16)9-19(17,18)13(2)3/h10-11H,6-9H2,1-5H3. The molecule has 112 valence electrons. The molecule has 1 aliphatic heterocycles. The summed E-state index contributed by atoms with van der Waals surface area (Å²) in [5, 5.41) is 0. The molecule has 0 radical (unpaired) electrons. The number of sulfonamides is 1. The lowest BCUT2D eigenvalue weighted by Crippen LogP contribution is -2.49. The number of carbonyl (C=O) groups excluding carboxylic acids is 1. The van der Waals surface area contributed by atoms with Crippen LogP contribution in [-0.4, -0.2) is 81.0 Å². The lowest BCUT2D eigenvalue weighted by atomic mass is 9.98. The number of hydrogen-bond acceptors (Lipinski definition) is 4. The lowest BCUT2D eigenvalue weighted by molar-refractivity contribution is -0.130. The molecule has 0 aliphatic carbocycles. The van der Waals surface area contributed by atoms with Crippen molar-refractivity contribution in [2.75, 3.05) is 40.5 Å². The van der Waals surface area contributed by atoms with Crippen molar-refractivity contribution in [3.8, 4) is 0 Å². The molecule has 0 aromatic rings. The number of hydrogen-bond donors (Lipinski definition) is 0. The Kier molecular flexibility index (Phi) is 5.34. The van der Waals surface area contributed by atoms with Crippen LogP contribution in [0, 0.1) is 0 Å². The zero-order chi connectivity index (χ0) is 14.8. The smallest absolute Gasteiger partial charge is 0.239 e. The van der Waals surface area contributed by atoms with E-state index in [1.807, 2.05) is 0 Å². The Balaban J connectivity index is 2.63. The first kappa shape index (κ1) is 16.4. The van der Waals surface area contributed by atoms with Crippen LogP contribution in [0.25, 0.3) is 0 Å². The molecule has 2 atom stereocenters. The number of rotatable bonds is 4. The first-order chi connectivity index (χ1) is 8.65. The average Bonchev–Trinajstić information content (AvgIpc) is 2.31. The molecule has 7 heteroatoms. The molecule has 1 heterocycles. The van der Waals surface area contributed by atoms with E-state index in [1.54, 1.807) is 11.9 Å². The maximum Gasteiger partial charge on any atom is 0.239 e. The lowest BCUT2D eigenvalue weighted by Gasteiger charge is -2.39. The van der Waals surface area contributed by atoms with Crippen molar-refractivity contribution in [1.82, 2.24) is 14.1 Å². The molecular formula is C12H25N3O3S. The summed E-state index contributed by atoms with van der Waals surface area (Å²) in [6, 6.07) is 0.551. The van der Waals surface area contributed by atoms with Crippen molar-refractivity contribution in [2.24, 2.45) is 0 Å². The summed E-state index contributed by atoms with van der Waals surface area (Å²) in [5.41, 5.74) is 0. The zero-order valence-electron chi connectivity index (χ0n) is 12.5. The van der Waals surface area contributed by atoms with E-state index < -0.39 is 15.8 Å². The predicted molar refractivity (Wildman–Crippen MR) is 75.4 cm³/mol.